The van der Waals surface area contributed by atoms with E-state index in [1.807, 2.05) is 0 Å². The van der Waals surface area contributed by atoms with Crippen molar-refractivity contribution in [3.05, 3.63) is 106 Å². The quantitative estimate of drug-likeness (QED) is 0.355. The number of amides is 2. The number of hydrogen-bond acceptors (Lipinski definition) is 5. The highest BCUT2D eigenvalue weighted by Gasteiger charge is 2.36. The molecule has 30 heavy (non-hydrogen) atoms. The number of imide groups is 1. The fraction of sp³-hybridized carbons (Fsp3) is 0.0435. The minimum atomic E-state index is -0.815. The molecule has 0 fully saturated rings. The molecule has 3 aromatic rings. The van der Waals surface area contributed by atoms with Crippen LogP contribution in [0.15, 0.2) is 72.8 Å². The van der Waals surface area contributed by atoms with Crippen LogP contribution >= 0.6 is 11.6 Å². The van der Waals surface area contributed by atoms with Gasteiger partial charge in [-0.05, 0) is 42.5 Å². The van der Waals surface area contributed by atoms with E-state index >= 15 is 0 Å². The topological polar surface area (TPSA) is 80.8 Å². The lowest BCUT2D eigenvalue weighted by molar-refractivity contribution is 0.0226. The SMILES string of the molecule is O=C(OCN1C(=O)c2ccccc2C1=O)c1ccccc1C(=O)c1ccc(Cl)cc1. The zero-order chi connectivity index (χ0) is 21.3. The average molecular weight is 420 g/mol. The van der Waals surface area contributed by atoms with Crippen molar-refractivity contribution >= 4 is 35.2 Å². The number of esters is 1. The Morgan fingerprint density at radius 2 is 1.30 bits per heavy atom. The monoisotopic (exact) mass is 419 g/mol. The van der Waals surface area contributed by atoms with E-state index in [9.17, 15) is 19.2 Å². The fourth-order valence-corrected chi connectivity index (χ4v) is 3.30. The van der Waals surface area contributed by atoms with Crippen LogP contribution in [0.4, 0.5) is 0 Å². The van der Waals surface area contributed by atoms with Crippen LogP contribution in [0, 0.1) is 0 Å². The molecule has 1 aliphatic heterocycles. The third-order valence-corrected chi connectivity index (χ3v) is 4.95. The molecule has 1 aliphatic rings. The van der Waals surface area contributed by atoms with Gasteiger partial charge < -0.3 is 4.74 Å². The van der Waals surface area contributed by atoms with Gasteiger partial charge in [0.15, 0.2) is 12.5 Å². The van der Waals surface area contributed by atoms with Gasteiger partial charge in [-0.3, -0.25) is 14.4 Å². The van der Waals surface area contributed by atoms with Crippen molar-refractivity contribution in [3.63, 3.8) is 0 Å². The lowest BCUT2D eigenvalue weighted by Gasteiger charge is -2.15. The molecule has 4 rings (SSSR count). The van der Waals surface area contributed by atoms with Crippen LogP contribution in [0.25, 0.3) is 0 Å². The van der Waals surface area contributed by atoms with Gasteiger partial charge in [0.2, 0.25) is 0 Å². The lowest BCUT2D eigenvalue weighted by Crippen LogP contribution is -2.33. The summed E-state index contributed by atoms with van der Waals surface area (Å²) >= 11 is 5.86. The van der Waals surface area contributed by atoms with Gasteiger partial charge in [-0.2, -0.15) is 0 Å². The minimum Gasteiger partial charge on any atom is -0.440 e. The molecule has 0 unspecified atom stereocenters. The largest absolute Gasteiger partial charge is 0.440 e. The summed E-state index contributed by atoms with van der Waals surface area (Å²) in [5.74, 6) is -2.26. The molecule has 0 aliphatic carbocycles. The molecule has 7 heteroatoms. The molecule has 3 aromatic carbocycles. The Hall–Kier alpha value is -3.77. The van der Waals surface area contributed by atoms with Gasteiger partial charge in [0.1, 0.15) is 0 Å². The maximum absolute atomic E-state index is 12.8. The maximum Gasteiger partial charge on any atom is 0.340 e. The van der Waals surface area contributed by atoms with Crippen molar-refractivity contribution in [1.82, 2.24) is 4.90 Å². The second-order valence-corrected chi connectivity index (χ2v) is 6.96. The molecule has 2 amide bonds. The van der Waals surface area contributed by atoms with E-state index in [0.29, 0.717) is 10.6 Å². The molecule has 0 saturated heterocycles. The normalized spacial score (nSPS) is 12.6. The number of benzene rings is 3. The molecule has 0 bridgehead atoms. The van der Waals surface area contributed by atoms with Gasteiger partial charge in [-0.25, -0.2) is 9.69 Å². The van der Waals surface area contributed by atoms with Crippen LogP contribution in [0.5, 0.6) is 0 Å². The molecule has 0 saturated carbocycles. The van der Waals surface area contributed by atoms with Crippen LogP contribution in [0.1, 0.15) is 47.0 Å². The van der Waals surface area contributed by atoms with Gasteiger partial charge in [0.25, 0.3) is 11.8 Å². The number of rotatable bonds is 5. The number of ether oxygens (including phenoxy) is 1. The summed E-state index contributed by atoms with van der Waals surface area (Å²) in [5.41, 5.74) is 1.06. The Kier molecular flexibility index (Phi) is 5.16. The number of fused-ring (bicyclic) bond motifs is 1. The summed E-state index contributed by atoms with van der Waals surface area (Å²) in [6.45, 7) is -0.547. The first-order valence-electron chi connectivity index (χ1n) is 8.99. The van der Waals surface area contributed by atoms with Crippen LogP contribution in [-0.2, 0) is 4.74 Å². The molecule has 1 heterocycles. The van der Waals surface area contributed by atoms with Crippen molar-refractivity contribution in [2.24, 2.45) is 0 Å². The van der Waals surface area contributed by atoms with Crippen molar-refractivity contribution in [3.8, 4) is 0 Å². The number of carbonyl (C=O) groups excluding carboxylic acids is 4. The summed E-state index contributed by atoms with van der Waals surface area (Å²) in [5, 5.41) is 0.486. The average Bonchev–Trinajstić information content (AvgIpc) is 3.02. The predicted molar refractivity (Wildman–Crippen MR) is 109 cm³/mol. The zero-order valence-corrected chi connectivity index (χ0v) is 16.3. The van der Waals surface area contributed by atoms with E-state index in [2.05, 4.69) is 0 Å². The van der Waals surface area contributed by atoms with E-state index in [-0.39, 0.29) is 28.0 Å². The number of nitrogens with zero attached hydrogens (tertiary/aromatic N) is 1. The van der Waals surface area contributed by atoms with E-state index in [1.54, 1.807) is 48.5 Å². The third kappa shape index (κ3) is 3.49. The van der Waals surface area contributed by atoms with Crippen molar-refractivity contribution < 1.29 is 23.9 Å². The minimum absolute atomic E-state index is 0.0362. The van der Waals surface area contributed by atoms with E-state index in [4.69, 9.17) is 16.3 Å². The van der Waals surface area contributed by atoms with Gasteiger partial charge >= 0.3 is 5.97 Å². The third-order valence-electron chi connectivity index (χ3n) is 4.70. The second kappa shape index (κ2) is 7.93. The Morgan fingerprint density at radius 1 is 0.767 bits per heavy atom. The lowest BCUT2D eigenvalue weighted by atomic mass is 9.98. The zero-order valence-electron chi connectivity index (χ0n) is 15.5. The number of hydrogen-bond donors (Lipinski definition) is 0. The molecule has 0 spiro atoms. The molecule has 0 aromatic heterocycles. The number of carbonyl (C=O) groups is 4. The summed E-state index contributed by atoms with van der Waals surface area (Å²) in [6.07, 6.45) is 0. The molecule has 0 radical (unpaired) electrons. The summed E-state index contributed by atoms with van der Waals surface area (Å²) in [6, 6.07) is 18.9. The Bertz CT molecular complexity index is 1150. The summed E-state index contributed by atoms with van der Waals surface area (Å²) in [7, 11) is 0. The molecular weight excluding hydrogens is 406 g/mol. The Morgan fingerprint density at radius 3 is 1.90 bits per heavy atom. The van der Waals surface area contributed by atoms with Gasteiger partial charge in [0, 0.05) is 16.1 Å². The molecule has 0 atom stereocenters. The van der Waals surface area contributed by atoms with E-state index < -0.39 is 24.5 Å². The first-order chi connectivity index (χ1) is 14.5. The van der Waals surface area contributed by atoms with E-state index in [1.165, 1.54) is 24.3 Å². The fourth-order valence-electron chi connectivity index (χ4n) is 3.17. The smallest absolute Gasteiger partial charge is 0.340 e. The highest BCUT2D eigenvalue weighted by atomic mass is 35.5. The molecule has 6 nitrogen and oxygen atoms in total. The van der Waals surface area contributed by atoms with Crippen LogP contribution in [0.2, 0.25) is 5.02 Å². The summed E-state index contributed by atoms with van der Waals surface area (Å²) < 4.78 is 5.20. The standard InChI is InChI=1S/C23H14ClNO5/c24-15-11-9-14(10-12-15)20(26)16-5-1-4-8-19(16)23(29)30-13-25-21(27)17-6-2-3-7-18(17)22(25)28/h1-12H,13H2. The van der Waals surface area contributed by atoms with Crippen molar-refractivity contribution in [1.29, 1.82) is 0 Å². The van der Waals surface area contributed by atoms with E-state index in [0.717, 1.165) is 4.90 Å². The highest BCUT2D eigenvalue weighted by molar-refractivity contribution is 6.30. The van der Waals surface area contributed by atoms with Crippen LogP contribution < -0.4 is 0 Å². The maximum atomic E-state index is 12.8. The second-order valence-electron chi connectivity index (χ2n) is 6.53. The molecule has 0 N–H and O–H groups in total. The number of ketones is 1. The molecular formula is C23H14ClNO5. The van der Waals surface area contributed by atoms with Crippen LogP contribution in [0.3, 0.4) is 0 Å². The Labute approximate surface area is 176 Å². The van der Waals surface area contributed by atoms with Crippen molar-refractivity contribution in [2.75, 3.05) is 6.73 Å². The highest BCUT2D eigenvalue weighted by Crippen LogP contribution is 2.23. The predicted octanol–water partition coefficient (Wildman–Crippen LogP) is 3.98. The number of halogens is 1. The Balaban J connectivity index is 1.53. The van der Waals surface area contributed by atoms with Gasteiger partial charge in [-0.15, -0.1) is 0 Å². The van der Waals surface area contributed by atoms with Gasteiger partial charge in [-0.1, -0.05) is 41.9 Å². The van der Waals surface area contributed by atoms with Crippen molar-refractivity contribution in [2.45, 2.75) is 0 Å². The molecule has 148 valence electrons. The first kappa shape index (κ1) is 19.5. The van der Waals surface area contributed by atoms with Crippen LogP contribution in [-0.4, -0.2) is 35.2 Å². The van der Waals surface area contributed by atoms with Gasteiger partial charge in [0.05, 0.1) is 16.7 Å². The first-order valence-corrected chi connectivity index (χ1v) is 9.37. The summed E-state index contributed by atoms with van der Waals surface area (Å²) in [4.78, 5) is 51.1.